The standard InChI is InChI=1S/C22H20N2O4/c1-15-8-6-9-16(2)20(15)24-19(25)14-27-22(26)18-12-7-13-23-21(18)28-17-10-4-3-5-11-17/h3-13H,14H2,1-2H3,(H,24,25). The van der Waals surface area contributed by atoms with Crippen LogP contribution in [0.4, 0.5) is 5.69 Å². The first kappa shape index (κ1) is 19.1. The first-order chi connectivity index (χ1) is 13.5. The van der Waals surface area contributed by atoms with Gasteiger partial charge in [0.1, 0.15) is 11.3 Å². The topological polar surface area (TPSA) is 77.5 Å². The fourth-order valence-electron chi connectivity index (χ4n) is 2.62. The number of ether oxygens (including phenoxy) is 2. The van der Waals surface area contributed by atoms with E-state index >= 15 is 0 Å². The minimum Gasteiger partial charge on any atom is -0.452 e. The second kappa shape index (κ2) is 8.81. The Morgan fingerprint density at radius 2 is 1.64 bits per heavy atom. The number of carbonyl (C=O) groups is 2. The average Bonchev–Trinajstić information content (AvgIpc) is 2.70. The van der Waals surface area contributed by atoms with Gasteiger partial charge >= 0.3 is 5.97 Å². The van der Waals surface area contributed by atoms with E-state index in [0.29, 0.717) is 5.75 Å². The highest BCUT2D eigenvalue weighted by molar-refractivity contribution is 5.97. The van der Waals surface area contributed by atoms with Gasteiger partial charge in [-0.1, -0.05) is 36.4 Å². The Morgan fingerprint density at radius 1 is 0.929 bits per heavy atom. The molecular weight excluding hydrogens is 356 g/mol. The molecule has 142 valence electrons. The molecule has 0 radical (unpaired) electrons. The van der Waals surface area contributed by atoms with Gasteiger partial charge in [0.25, 0.3) is 5.91 Å². The Morgan fingerprint density at radius 3 is 2.36 bits per heavy atom. The molecule has 3 rings (SSSR count). The molecule has 1 N–H and O–H groups in total. The third kappa shape index (κ3) is 4.73. The van der Waals surface area contributed by atoms with Crippen LogP contribution in [0, 0.1) is 13.8 Å². The summed E-state index contributed by atoms with van der Waals surface area (Å²) in [5, 5.41) is 2.78. The fourth-order valence-corrected chi connectivity index (χ4v) is 2.62. The number of rotatable bonds is 6. The maximum Gasteiger partial charge on any atom is 0.344 e. The first-order valence-electron chi connectivity index (χ1n) is 8.75. The van der Waals surface area contributed by atoms with Gasteiger partial charge in [0.15, 0.2) is 6.61 Å². The van der Waals surface area contributed by atoms with E-state index < -0.39 is 18.5 Å². The van der Waals surface area contributed by atoms with Crippen molar-refractivity contribution >= 4 is 17.6 Å². The van der Waals surface area contributed by atoms with Crippen LogP contribution in [0.15, 0.2) is 66.9 Å². The van der Waals surface area contributed by atoms with Crippen molar-refractivity contribution in [2.45, 2.75) is 13.8 Å². The van der Waals surface area contributed by atoms with Crippen molar-refractivity contribution in [1.29, 1.82) is 0 Å². The molecule has 0 spiro atoms. The third-order valence-corrected chi connectivity index (χ3v) is 4.03. The minimum atomic E-state index is -0.685. The number of hydrogen-bond acceptors (Lipinski definition) is 5. The Kier molecular flexibility index (Phi) is 6.01. The number of nitrogens with one attached hydrogen (secondary N) is 1. The van der Waals surface area contributed by atoms with E-state index in [-0.39, 0.29) is 11.4 Å². The number of para-hydroxylation sites is 2. The summed E-state index contributed by atoms with van der Waals surface area (Å²) in [4.78, 5) is 28.7. The molecule has 1 amide bonds. The van der Waals surface area contributed by atoms with Crippen LogP contribution in [0.5, 0.6) is 11.6 Å². The number of amides is 1. The summed E-state index contributed by atoms with van der Waals surface area (Å²) in [6.45, 7) is 3.39. The molecule has 3 aromatic rings. The monoisotopic (exact) mass is 376 g/mol. The highest BCUT2D eigenvalue weighted by atomic mass is 16.5. The van der Waals surface area contributed by atoms with Crippen LogP contribution in [0.2, 0.25) is 0 Å². The van der Waals surface area contributed by atoms with Crippen molar-refractivity contribution in [2.75, 3.05) is 11.9 Å². The average molecular weight is 376 g/mol. The molecule has 0 aliphatic rings. The summed E-state index contributed by atoms with van der Waals surface area (Å²) in [6.07, 6.45) is 1.52. The van der Waals surface area contributed by atoms with E-state index in [9.17, 15) is 9.59 Å². The largest absolute Gasteiger partial charge is 0.452 e. The van der Waals surface area contributed by atoms with Crippen molar-refractivity contribution in [2.24, 2.45) is 0 Å². The molecule has 0 aliphatic heterocycles. The number of nitrogens with zero attached hydrogens (tertiary/aromatic N) is 1. The fraction of sp³-hybridized carbons (Fsp3) is 0.136. The lowest BCUT2D eigenvalue weighted by molar-refractivity contribution is -0.119. The zero-order valence-electron chi connectivity index (χ0n) is 15.6. The maximum absolute atomic E-state index is 12.4. The number of pyridine rings is 1. The first-order valence-corrected chi connectivity index (χ1v) is 8.75. The molecule has 0 fully saturated rings. The second-order valence-electron chi connectivity index (χ2n) is 6.16. The van der Waals surface area contributed by atoms with E-state index in [2.05, 4.69) is 10.3 Å². The zero-order chi connectivity index (χ0) is 19.9. The summed E-state index contributed by atoms with van der Waals surface area (Å²) in [5.41, 5.74) is 2.74. The number of esters is 1. The lowest BCUT2D eigenvalue weighted by atomic mass is 10.1. The third-order valence-electron chi connectivity index (χ3n) is 4.03. The Bertz CT molecular complexity index is 967. The molecule has 0 atom stereocenters. The van der Waals surface area contributed by atoms with E-state index in [1.54, 1.807) is 18.2 Å². The van der Waals surface area contributed by atoms with Crippen molar-refractivity contribution in [3.8, 4) is 11.6 Å². The van der Waals surface area contributed by atoms with Crippen LogP contribution in [0.1, 0.15) is 21.5 Å². The van der Waals surface area contributed by atoms with Gasteiger partial charge in [-0.2, -0.15) is 0 Å². The molecule has 6 heteroatoms. The minimum absolute atomic E-state index is 0.119. The number of benzene rings is 2. The smallest absolute Gasteiger partial charge is 0.344 e. The van der Waals surface area contributed by atoms with E-state index in [4.69, 9.17) is 9.47 Å². The van der Waals surface area contributed by atoms with Crippen LogP contribution in [-0.4, -0.2) is 23.5 Å². The van der Waals surface area contributed by atoms with Gasteiger partial charge < -0.3 is 14.8 Å². The molecule has 0 saturated heterocycles. The Labute approximate surface area is 163 Å². The molecule has 0 aliphatic carbocycles. The van der Waals surface area contributed by atoms with Crippen LogP contribution in [0.3, 0.4) is 0 Å². The summed E-state index contributed by atoms with van der Waals surface area (Å²) >= 11 is 0. The van der Waals surface area contributed by atoms with Crippen molar-refractivity contribution in [1.82, 2.24) is 4.98 Å². The Hall–Kier alpha value is -3.67. The van der Waals surface area contributed by atoms with Crippen molar-refractivity contribution in [3.63, 3.8) is 0 Å². The van der Waals surface area contributed by atoms with E-state index in [0.717, 1.165) is 16.8 Å². The van der Waals surface area contributed by atoms with E-state index in [1.807, 2.05) is 50.2 Å². The lowest BCUT2D eigenvalue weighted by Crippen LogP contribution is -2.22. The van der Waals surface area contributed by atoms with Gasteiger partial charge in [0, 0.05) is 11.9 Å². The summed E-state index contributed by atoms with van der Waals surface area (Å²) in [6, 6.07) is 17.8. The second-order valence-corrected chi connectivity index (χ2v) is 6.16. The number of aryl methyl sites for hydroxylation is 2. The van der Waals surface area contributed by atoms with Gasteiger partial charge in [-0.05, 0) is 49.2 Å². The normalized spacial score (nSPS) is 10.2. The molecule has 1 aromatic heterocycles. The zero-order valence-corrected chi connectivity index (χ0v) is 15.6. The summed E-state index contributed by atoms with van der Waals surface area (Å²) in [5.74, 6) is -0.437. The van der Waals surface area contributed by atoms with Gasteiger partial charge in [0.05, 0.1) is 0 Å². The lowest BCUT2D eigenvalue weighted by Gasteiger charge is -2.12. The van der Waals surface area contributed by atoms with Crippen molar-refractivity contribution < 1.29 is 19.1 Å². The molecule has 28 heavy (non-hydrogen) atoms. The van der Waals surface area contributed by atoms with Gasteiger partial charge in [-0.3, -0.25) is 4.79 Å². The highest BCUT2D eigenvalue weighted by Crippen LogP contribution is 2.23. The molecule has 2 aromatic carbocycles. The predicted octanol–water partition coefficient (Wildman–Crippen LogP) is 4.29. The van der Waals surface area contributed by atoms with E-state index in [1.165, 1.54) is 12.3 Å². The van der Waals surface area contributed by atoms with Crippen LogP contribution in [-0.2, 0) is 9.53 Å². The number of hydrogen-bond donors (Lipinski definition) is 1. The number of anilines is 1. The van der Waals surface area contributed by atoms with Crippen LogP contribution in [0.25, 0.3) is 0 Å². The molecular formula is C22H20N2O4. The van der Waals surface area contributed by atoms with Crippen molar-refractivity contribution in [3.05, 3.63) is 83.6 Å². The quantitative estimate of drug-likeness (QED) is 0.650. The highest BCUT2D eigenvalue weighted by Gasteiger charge is 2.17. The summed E-state index contributed by atoms with van der Waals surface area (Å²) < 4.78 is 10.8. The van der Waals surface area contributed by atoms with Crippen LogP contribution < -0.4 is 10.1 Å². The summed E-state index contributed by atoms with van der Waals surface area (Å²) in [7, 11) is 0. The van der Waals surface area contributed by atoms with Gasteiger partial charge in [-0.15, -0.1) is 0 Å². The predicted molar refractivity (Wildman–Crippen MR) is 106 cm³/mol. The number of carbonyl (C=O) groups excluding carboxylic acids is 2. The molecule has 0 saturated carbocycles. The van der Waals surface area contributed by atoms with Gasteiger partial charge in [-0.25, -0.2) is 9.78 Å². The maximum atomic E-state index is 12.4. The Balaban J connectivity index is 1.64. The molecule has 0 bridgehead atoms. The van der Waals surface area contributed by atoms with Gasteiger partial charge in [0.2, 0.25) is 5.88 Å². The molecule has 0 unspecified atom stereocenters. The number of aromatic nitrogens is 1. The molecule has 1 heterocycles. The van der Waals surface area contributed by atoms with Crippen LogP contribution >= 0.6 is 0 Å². The SMILES string of the molecule is Cc1cccc(C)c1NC(=O)COC(=O)c1cccnc1Oc1ccccc1. The molecule has 6 nitrogen and oxygen atoms in total.